The lowest BCUT2D eigenvalue weighted by atomic mass is 10.1. The molecule has 0 aliphatic heterocycles. The van der Waals surface area contributed by atoms with Gasteiger partial charge < -0.3 is 5.32 Å². The Kier molecular flexibility index (Phi) is 3.15. The highest BCUT2D eigenvalue weighted by Crippen LogP contribution is 2.19. The summed E-state index contributed by atoms with van der Waals surface area (Å²) in [7, 11) is 0. The first-order valence-corrected chi connectivity index (χ1v) is 5.32. The third-order valence-corrected chi connectivity index (χ3v) is 2.54. The van der Waals surface area contributed by atoms with Crippen LogP contribution < -0.4 is 5.32 Å². The predicted molar refractivity (Wildman–Crippen MR) is 65.3 cm³/mol. The zero-order valence-electron chi connectivity index (χ0n) is 9.57. The Balaban J connectivity index is 2.11. The second-order valence-corrected chi connectivity index (χ2v) is 3.82. The molecule has 0 aliphatic carbocycles. The van der Waals surface area contributed by atoms with Crippen molar-refractivity contribution in [2.45, 2.75) is 20.4 Å². The molecule has 0 amide bonds. The fourth-order valence-corrected chi connectivity index (χ4v) is 1.69. The third-order valence-electron chi connectivity index (χ3n) is 2.54. The topological polar surface area (TPSA) is 37.8 Å². The molecule has 0 saturated carbocycles. The average molecular weight is 213 g/mol. The Labute approximate surface area is 95.6 Å². The molecule has 0 radical (unpaired) electrons. The highest BCUT2D eigenvalue weighted by atomic mass is 14.9. The van der Waals surface area contributed by atoms with Crippen molar-refractivity contribution in [2.24, 2.45) is 0 Å². The number of benzene rings is 1. The van der Waals surface area contributed by atoms with Gasteiger partial charge in [-0.05, 0) is 25.0 Å². The Hall–Kier alpha value is -1.90. The van der Waals surface area contributed by atoms with Gasteiger partial charge in [-0.25, -0.2) is 0 Å². The first kappa shape index (κ1) is 10.6. The minimum atomic E-state index is 0.708. The molecule has 1 heterocycles. The van der Waals surface area contributed by atoms with Gasteiger partial charge in [-0.3, -0.25) is 9.97 Å². The monoisotopic (exact) mass is 213 g/mol. The van der Waals surface area contributed by atoms with Crippen LogP contribution in [-0.4, -0.2) is 9.97 Å². The number of para-hydroxylation sites is 1. The number of anilines is 1. The minimum Gasteiger partial charge on any atom is -0.379 e. The Morgan fingerprint density at radius 1 is 1.12 bits per heavy atom. The zero-order chi connectivity index (χ0) is 11.4. The van der Waals surface area contributed by atoms with Crippen molar-refractivity contribution in [3.8, 4) is 0 Å². The van der Waals surface area contributed by atoms with Crippen molar-refractivity contribution in [2.75, 3.05) is 5.32 Å². The van der Waals surface area contributed by atoms with Crippen LogP contribution in [0.25, 0.3) is 0 Å². The summed E-state index contributed by atoms with van der Waals surface area (Å²) in [5.74, 6) is 0. The van der Waals surface area contributed by atoms with Crippen LogP contribution in [0.5, 0.6) is 0 Å². The molecule has 1 aromatic heterocycles. The van der Waals surface area contributed by atoms with Crippen LogP contribution in [-0.2, 0) is 6.54 Å². The van der Waals surface area contributed by atoms with Crippen molar-refractivity contribution in [1.29, 1.82) is 0 Å². The molecule has 2 rings (SSSR count). The van der Waals surface area contributed by atoms with Gasteiger partial charge in [-0.1, -0.05) is 18.2 Å². The lowest BCUT2D eigenvalue weighted by Gasteiger charge is -2.11. The van der Waals surface area contributed by atoms with E-state index < -0.39 is 0 Å². The highest BCUT2D eigenvalue weighted by Gasteiger charge is 2.01. The molecule has 82 valence electrons. The van der Waals surface area contributed by atoms with E-state index in [1.165, 1.54) is 16.8 Å². The van der Waals surface area contributed by atoms with E-state index in [0.717, 1.165) is 5.69 Å². The fraction of sp³-hybridized carbons (Fsp3) is 0.231. The summed E-state index contributed by atoms with van der Waals surface area (Å²) in [5, 5.41) is 3.39. The molecule has 1 aromatic carbocycles. The quantitative estimate of drug-likeness (QED) is 0.851. The van der Waals surface area contributed by atoms with E-state index in [1.54, 1.807) is 18.6 Å². The fourth-order valence-electron chi connectivity index (χ4n) is 1.69. The van der Waals surface area contributed by atoms with E-state index in [9.17, 15) is 0 Å². The van der Waals surface area contributed by atoms with Gasteiger partial charge in [0.25, 0.3) is 0 Å². The average Bonchev–Trinajstić information content (AvgIpc) is 2.30. The van der Waals surface area contributed by atoms with E-state index in [-0.39, 0.29) is 0 Å². The van der Waals surface area contributed by atoms with Crippen LogP contribution >= 0.6 is 0 Å². The van der Waals surface area contributed by atoms with E-state index in [2.05, 4.69) is 47.3 Å². The second kappa shape index (κ2) is 4.75. The molecule has 0 saturated heterocycles. The Morgan fingerprint density at radius 2 is 1.88 bits per heavy atom. The molecule has 0 bridgehead atoms. The Bertz CT molecular complexity index is 446. The number of aryl methyl sites for hydroxylation is 2. The largest absolute Gasteiger partial charge is 0.379 e. The van der Waals surface area contributed by atoms with Gasteiger partial charge in [0.1, 0.15) is 0 Å². The minimum absolute atomic E-state index is 0.708. The van der Waals surface area contributed by atoms with Gasteiger partial charge in [0.15, 0.2) is 0 Å². The lowest BCUT2D eigenvalue weighted by Crippen LogP contribution is -2.04. The van der Waals surface area contributed by atoms with Crippen LogP contribution in [0.15, 0.2) is 36.8 Å². The summed E-state index contributed by atoms with van der Waals surface area (Å²) in [4.78, 5) is 8.27. The van der Waals surface area contributed by atoms with Crippen molar-refractivity contribution in [3.63, 3.8) is 0 Å². The van der Waals surface area contributed by atoms with Gasteiger partial charge in [0.05, 0.1) is 18.4 Å². The lowest BCUT2D eigenvalue weighted by molar-refractivity contribution is 1.00. The molecule has 16 heavy (non-hydrogen) atoms. The highest BCUT2D eigenvalue weighted by molar-refractivity contribution is 5.56. The number of hydrogen-bond donors (Lipinski definition) is 1. The summed E-state index contributed by atoms with van der Waals surface area (Å²) in [6, 6.07) is 6.27. The van der Waals surface area contributed by atoms with Crippen molar-refractivity contribution >= 4 is 5.69 Å². The molecule has 0 fully saturated rings. The summed E-state index contributed by atoms with van der Waals surface area (Å²) in [6.45, 7) is 4.91. The number of hydrogen-bond acceptors (Lipinski definition) is 3. The third kappa shape index (κ3) is 2.37. The van der Waals surface area contributed by atoms with Crippen LogP contribution in [0, 0.1) is 13.8 Å². The van der Waals surface area contributed by atoms with Gasteiger partial charge in [0, 0.05) is 18.1 Å². The summed E-state index contributed by atoms with van der Waals surface area (Å²) in [6.07, 6.45) is 5.17. The van der Waals surface area contributed by atoms with Crippen LogP contribution in [0.3, 0.4) is 0 Å². The van der Waals surface area contributed by atoms with Gasteiger partial charge in [-0.15, -0.1) is 0 Å². The molecule has 0 atom stereocenters. The predicted octanol–water partition coefficient (Wildman–Crippen LogP) is 2.71. The van der Waals surface area contributed by atoms with Crippen molar-refractivity contribution in [1.82, 2.24) is 9.97 Å². The number of nitrogens with one attached hydrogen (secondary N) is 1. The molecule has 3 nitrogen and oxygen atoms in total. The molecule has 0 aliphatic rings. The SMILES string of the molecule is Cc1cccc(C)c1NCc1cnccn1. The number of nitrogens with zero attached hydrogens (tertiary/aromatic N) is 2. The van der Waals surface area contributed by atoms with Crippen LogP contribution in [0.4, 0.5) is 5.69 Å². The first-order valence-electron chi connectivity index (χ1n) is 5.32. The Morgan fingerprint density at radius 3 is 2.50 bits per heavy atom. The number of aromatic nitrogens is 2. The van der Waals surface area contributed by atoms with E-state index in [1.807, 2.05) is 0 Å². The first-order chi connectivity index (χ1) is 7.77. The molecule has 3 heteroatoms. The summed E-state index contributed by atoms with van der Waals surface area (Å²) >= 11 is 0. The van der Waals surface area contributed by atoms with Gasteiger partial charge in [-0.2, -0.15) is 0 Å². The van der Waals surface area contributed by atoms with Crippen LogP contribution in [0.1, 0.15) is 16.8 Å². The molecule has 1 N–H and O–H groups in total. The van der Waals surface area contributed by atoms with E-state index in [4.69, 9.17) is 0 Å². The van der Waals surface area contributed by atoms with E-state index >= 15 is 0 Å². The van der Waals surface area contributed by atoms with Crippen molar-refractivity contribution < 1.29 is 0 Å². The standard InChI is InChI=1S/C13H15N3/c1-10-4-3-5-11(2)13(10)16-9-12-8-14-6-7-15-12/h3-8,16H,9H2,1-2H3. The van der Waals surface area contributed by atoms with Gasteiger partial charge >= 0.3 is 0 Å². The molecule has 2 aromatic rings. The molecular weight excluding hydrogens is 198 g/mol. The van der Waals surface area contributed by atoms with Gasteiger partial charge in [0.2, 0.25) is 0 Å². The molecular formula is C13H15N3. The summed E-state index contributed by atoms with van der Waals surface area (Å²) < 4.78 is 0. The smallest absolute Gasteiger partial charge is 0.0777 e. The van der Waals surface area contributed by atoms with Crippen LogP contribution in [0.2, 0.25) is 0 Å². The molecule has 0 spiro atoms. The summed E-state index contributed by atoms with van der Waals surface area (Å²) in [5.41, 5.74) is 4.64. The maximum absolute atomic E-state index is 4.23. The number of rotatable bonds is 3. The van der Waals surface area contributed by atoms with Crippen molar-refractivity contribution in [3.05, 3.63) is 53.6 Å². The van der Waals surface area contributed by atoms with E-state index in [0.29, 0.717) is 6.54 Å². The maximum Gasteiger partial charge on any atom is 0.0777 e. The normalized spacial score (nSPS) is 10.1. The molecule has 0 unspecified atom stereocenters. The zero-order valence-corrected chi connectivity index (χ0v) is 9.57. The maximum atomic E-state index is 4.23. The second-order valence-electron chi connectivity index (χ2n) is 3.82.